The van der Waals surface area contributed by atoms with Crippen molar-refractivity contribution in [3.05, 3.63) is 12.2 Å². The summed E-state index contributed by atoms with van der Waals surface area (Å²) in [6, 6.07) is 0. The molecule has 7 nitrogen and oxygen atoms in total. The highest BCUT2D eigenvalue weighted by Gasteiger charge is 2.52. The summed E-state index contributed by atoms with van der Waals surface area (Å²) in [4.78, 5) is 10.8. The lowest BCUT2D eigenvalue weighted by Gasteiger charge is -2.53. The van der Waals surface area contributed by atoms with Gasteiger partial charge in [0.05, 0.1) is 49.3 Å². The lowest BCUT2D eigenvalue weighted by Crippen LogP contribution is -2.63. The topological polar surface area (TPSA) is 83.5 Å². The lowest BCUT2D eigenvalue weighted by atomic mass is 9.79. The van der Waals surface area contributed by atoms with E-state index in [-0.39, 0.29) is 48.6 Å². The molecule has 1 N–H and O–H groups in total. The van der Waals surface area contributed by atoms with Crippen molar-refractivity contribution in [1.29, 1.82) is 0 Å². The Morgan fingerprint density at radius 1 is 1.13 bits per heavy atom. The first-order valence-corrected chi connectivity index (χ1v) is 11.8. The summed E-state index contributed by atoms with van der Waals surface area (Å²) in [6.45, 7) is 12.8. The van der Waals surface area contributed by atoms with Crippen LogP contribution in [0.1, 0.15) is 59.8 Å². The van der Waals surface area contributed by atoms with Crippen LogP contribution in [0, 0.1) is 11.8 Å². The zero-order chi connectivity index (χ0) is 22.3. The minimum atomic E-state index is -0.651. The number of carbonyl (C=O) groups excluding carboxylic acids is 1. The van der Waals surface area contributed by atoms with Crippen molar-refractivity contribution in [2.45, 2.75) is 114 Å². The van der Waals surface area contributed by atoms with Crippen LogP contribution in [0.5, 0.6) is 0 Å². The fourth-order valence-corrected chi connectivity index (χ4v) is 5.57. The van der Waals surface area contributed by atoms with Crippen molar-refractivity contribution in [2.24, 2.45) is 11.8 Å². The average molecular weight is 439 g/mol. The smallest absolute Gasteiger partial charge is 0.163 e. The summed E-state index contributed by atoms with van der Waals surface area (Å²) in [7, 11) is 0. The average Bonchev–Trinajstić information content (AvgIpc) is 2.72. The summed E-state index contributed by atoms with van der Waals surface area (Å²) in [6.07, 6.45) is 2.63. The minimum Gasteiger partial charge on any atom is -0.390 e. The molecule has 0 saturated carbocycles. The van der Waals surface area contributed by atoms with Crippen LogP contribution in [0.25, 0.3) is 0 Å². The molecule has 4 aliphatic heterocycles. The third kappa shape index (κ3) is 4.92. The predicted octanol–water partition coefficient (Wildman–Crippen LogP) is 2.78. The summed E-state index contributed by atoms with van der Waals surface area (Å²) in [5, 5.41) is 11.0. The number of carbonyl (C=O) groups is 1. The van der Waals surface area contributed by atoms with Gasteiger partial charge in [0.2, 0.25) is 0 Å². The van der Waals surface area contributed by atoms with Crippen LogP contribution in [0.3, 0.4) is 0 Å². The second-order valence-electron chi connectivity index (χ2n) is 10.2. The first-order valence-electron chi connectivity index (χ1n) is 11.8. The second kappa shape index (κ2) is 9.20. The van der Waals surface area contributed by atoms with E-state index in [0.29, 0.717) is 25.4 Å². The molecule has 31 heavy (non-hydrogen) atoms. The molecule has 4 rings (SSSR count). The number of aliphatic hydroxyl groups excluding tert-OH is 1. The maximum atomic E-state index is 11.0. The fourth-order valence-electron chi connectivity index (χ4n) is 5.57. The van der Waals surface area contributed by atoms with Crippen molar-refractivity contribution < 1.29 is 33.6 Å². The molecule has 176 valence electrons. The molecule has 0 amide bonds. The molecule has 3 unspecified atom stereocenters. The highest BCUT2D eigenvalue weighted by molar-refractivity contribution is 5.49. The van der Waals surface area contributed by atoms with Crippen LogP contribution >= 0.6 is 0 Å². The highest BCUT2D eigenvalue weighted by atomic mass is 16.7. The summed E-state index contributed by atoms with van der Waals surface area (Å²) in [5.74, 6) is -0.380. The first-order chi connectivity index (χ1) is 14.7. The van der Waals surface area contributed by atoms with Crippen LogP contribution in [0.15, 0.2) is 12.2 Å². The van der Waals surface area contributed by atoms with Crippen molar-refractivity contribution in [2.75, 3.05) is 6.61 Å². The Labute approximate surface area is 185 Å². The van der Waals surface area contributed by atoms with Crippen LogP contribution in [-0.2, 0) is 28.5 Å². The molecule has 0 aromatic rings. The molecule has 4 saturated heterocycles. The van der Waals surface area contributed by atoms with Crippen LogP contribution < -0.4 is 0 Å². The van der Waals surface area contributed by atoms with E-state index >= 15 is 0 Å². The van der Waals surface area contributed by atoms with Gasteiger partial charge in [-0.15, -0.1) is 0 Å². The Morgan fingerprint density at radius 2 is 1.90 bits per heavy atom. The molecule has 0 aliphatic carbocycles. The van der Waals surface area contributed by atoms with E-state index in [0.717, 1.165) is 31.1 Å². The Hall–Kier alpha value is -0.830. The number of rotatable bonds is 5. The number of ether oxygens (including phenoxy) is 5. The van der Waals surface area contributed by atoms with E-state index in [1.54, 1.807) is 0 Å². The molecule has 7 heteroatoms. The Balaban J connectivity index is 1.42. The van der Waals surface area contributed by atoms with Gasteiger partial charge in [0, 0.05) is 25.2 Å². The van der Waals surface area contributed by atoms with Gasteiger partial charge >= 0.3 is 0 Å². The molecule has 4 heterocycles. The number of aliphatic hydroxyl groups is 1. The van der Waals surface area contributed by atoms with E-state index in [1.807, 2.05) is 20.8 Å². The largest absolute Gasteiger partial charge is 0.390 e. The summed E-state index contributed by atoms with van der Waals surface area (Å²) >= 11 is 0. The van der Waals surface area contributed by atoms with E-state index in [2.05, 4.69) is 13.5 Å². The zero-order valence-corrected chi connectivity index (χ0v) is 19.2. The maximum absolute atomic E-state index is 11.0. The summed E-state index contributed by atoms with van der Waals surface area (Å²) in [5.41, 5.74) is 1.04. The molecule has 0 radical (unpaired) electrons. The van der Waals surface area contributed by atoms with E-state index < -0.39 is 11.9 Å². The standard InChI is InChI=1S/C24H38O7/c1-13-9-16(7-6-8-25)28-17(14(13)2)10-19-22(26)15(3)23-20(29-19)11-18-21(30-23)12-27-24(4,5)31-18/h8,13,15-23,26H,2,6-7,9-12H2,1,3-5H3/t13-,15-,16?,17?,18-,19?,20+,21-,22-,23+/m1/s1. The molecule has 10 atom stereocenters. The lowest BCUT2D eigenvalue weighted by molar-refractivity contribution is -0.355. The van der Waals surface area contributed by atoms with Crippen LogP contribution in [-0.4, -0.2) is 72.6 Å². The summed E-state index contributed by atoms with van der Waals surface area (Å²) < 4.78 is 30.9. The Bertz CT molecular complexity index is 664. The SMILES string of the molecule is C=C1C(CC2O[C@H]3C[C@H]4OC(C)(C)OC[C@H]4O[C@H]3[C@H](C)[C@H]2O)OC(CCC=O)C[C@H]1C. The van der Waals surface area contributed by atoms with Gasteiger partial charge in [0.25, 0.3) is 0 Å². The molecule has 0 aromatic carbocycles. The van der Waals surface area contributed by atoms with Gasteiger partial charge < -0.3 is 33.6 Å². The monoisotopic (exact) mass is 438 g/mol. The quantitative estimate of drug-likeness (QED) is 0.522. The molecular weight excluding hydrogens is 400 g/mol. The van der Waals surface area contributed by atoms with E-state index in [9.17, 15) is 9.90 Å². The number of hydrogen-bond donors (Lipinski definition) is 1. The van der Waals surface area contributed by atoms with Gasteiger partial charge in [0.1, 0.15) is 12.4 Å². The van der Waals surface area contributed by atoms with Gasteiger partial charge in [-0.25, -0.2) is 0 Å². The van der Waals surface area contributed by atoms with Gasteiger partial charge in [0.15, 0.2) is 5.79 Å². The molecular formula is C24H38O7. The third-order valence-corrected chi connectivity index (χ3v) is 7.47. The maximum Gasteiger partial charge on any atom is 0.163 e. The molecule has 0 spiro atoms. The van der Waals surface area contributed by atoms with Crippen LogP contribution in [0.4, 0.5) is 0 Å². The molecule has 4 aliphatic rings. The van der Waals surface area contributed by atoms with E-state index in [1.165, 1.54) is 0 Å². The molecule has 0 bridgehead atoms. The fraction of sp³-hybridized carbons (Fsp3) is 0.875. The van der Waals surface area contributed by atoms with Gasteiger partial charge in [-0.3, -0.25) is 0 Å². The second-order valence-corrected chi connectivity index (χ2v) is 10.2. The van der Waals surface area contributed by atoms with Crippen LogP contribution in [0.2, 0.25) is 0 Å². The van der Waals surface area contributed by atoms with Gasteiger partial charge in [-0.1, -0.05) is 20.4 Å². The van der Waals surface area contributed by atoms with Crippen molar-refractivity contribution >= 4 is 6.29 Å². The Morgan fingerprint density at radius 3 is 2.65 bits per heavy atom. The number of aldehydes is 1. The van der Waals surface area contributed by atoms with Crippen molar-refractivity contribution in [3.63, 3.8) is 0 Å². The van der Waals surface area contributed by atoms with Crippen molar-refractivity contribution in [3.8, 4) is 0 Å². The highest BCUT2D eigenvalue weighted by Crippen LogP contribution is 2.42. The Kier molecular flexibility index (Phi) is 6.92. The van der Waals surface area contributed by atoms with E-state index in [4.69, 9.17) is 23.7 Å². The first kappa shape index (κ1) is 23.3. The van der Waals surface area contributed by atoms with Crippen molar-refractivity contribution in [1.82, 2.24) is 0 Å². The predicted molar refractivity (Wildman–Crippen MR) is 114 cm³/mol. The normalized spacial score (nSPS) is 47.3. The number of hydrogen-bond acceptors (Lipinski definition) is 7. The molecule has 0 aromatic heterocycles. The third-order valence-electron chi connectivity index (χ3n) is 7.47. The van der Waals surface area contributed by atoms with Gasteiger partial charge in [-0.05, 0) is 38.2 Å². The van der Waals surface area contributed by atoms with Gasteiger partial charge in [-0.2, -0.15) is 0 Å². The molecule has 4 fully saturated rings. The zero-order valence-electron chi connectivity index (χ0n) is 19.2. The number of fused-ring (bicyclic) bond motifs is 2. The minimum absolute atomic E-state index is 0.0400.